The summed E-state index contributed by atoms with van der Waals surface area (Å²) < 4.78 is 0. The Labute approximate surface area is 132 Å². The van der Waals surface area contributed by atoms with Gasteiger partial charge in [-0.1, -0.05) is 6.07 Å². The van der Waals surface area contributed by atoms with Crippen molar-refractivity contribution in [2.75, 3.05) is 18.5 Å². The summed E-state index contributed by atoms with van der Waals surface area (Å²) >= 11 is 1.57. The second kappa shape index (κ2) is 6.41. The molecule has 116 valence electrons. The molecule has 1 fully saturated rings. The zero-order valence-electron chi connectivity index (χ0n) is 12.3. The van der Waals surface area contributed by atoms with E-state index in [1.54, 1.807) is 16.2 Å². The van der Waals surface area contributed by atoms with Crippen LogP contribution in [0.5, 0.6) is 0 Å². The number of hydrogen-bond acceptors (Lipinski definition) is 6. The van der Waals surface area contributed by atoms with Crippen LogP contribution in [0.4, 0.5) is 10.9 Å². The van der Waals surface area contributed by atoms with E-state index in [9.17, 15) is 4.79 Å². The second-order valence-corrected chi connectivity index (χ2v) is 6.49. The van der Waals surface area contributed by atoms with Crippen molar-refractivity contribution >= 4 is 28.2 Å². The van der Waals surface area contributed by atoms with Crippen molar-refractivity contribution < 1.29 is 9.90 Å². The average Bonchev–Trinajstić information content (AvgIpc) is 3.16. The summed E-state index contributed by atoms with van der Waals surface area (Å²) in [4.78, 5) is 23.5. The molecule has 3 rings (SSSR count). The number of rotatable bonds is 4. The summed E-state index contributed by atoms with van der Waals surface area (Å²) in [7, 11) is 0. The first-order valence-corrected chi connectivity index (χ1v) is 8.06. The van der Waals surface area contributed by atoms with Crippen LogP contribution in [0.2, 0.25) is 0 Å². The number of aromatic nitrogens is 2. The van der Waals surface area contributed by atoms with Crippen LogP contribution in [0.15, 0.2) is 24.4 Å². The van der Waals surface area contributed by atoms with Crippen LogP contribution in [0.25, 0.3) is 0 Å². The number of nitrogens with zero attached hydrogens (tertiary/aromatic N) is 3. The molecule has 1 unspecified atom stereocenters. The molecule has 1 amide bonds. The number of nitrogens with one attached hydrogen (secondary N) is 1. The third-order valence-corrected chi connectivity index (χ3v) is 4.50. The number of carbonyl (C=O) groups is 1. The zero-order valence-corrected chi connectivity index (χ0v) is 13.1. The lowest BCUT2D eigenvalue weighted by molar-refractivity contribution is -0.135. The molecule has 1 aliphatic rings. The van der Waals surface area contributed by atoms with Gasteiger partial charge in [0.25, 0.3) is 0 Å². The lowest BCUT2D eigenvalue weighted by Crippen LogP contribution is -2.33. The maximum Gasteiger partial charge on any atom is 0.248 e. The van der Waals surface area contributed by atoms with Crippen LogP contribution in [-0.2, 0) is 4.79 Å². The van der Waals surface area contributed by atoms with Gasteiger partial charge in [0.05, 0.1) is 11.7 Å². The minimum absolute atomic E-state index is 0.0561. The molecule has 6 nitrogen and oxygen atoms in total. The van der Waals surface area contributed by atoms with Crippen molar-refractivity contribution in [3.05, 3.63) is 35.0 Å². The standard InChI is InChI=1S/C15H18N4O2S/c1-10-8-16-15(22-10)18-13-6-2-4-11(17-13)12-5-3-7-19(12)14(21)9-20/h2,4,6,8,12,20H,3,5,7,9H2,1H3,(H,16,17,18). The van der Waals surface area contributed by atoms with Crippen LogP contribution in [0, 0.1) is 6.92 Å². The summed E-state index contributed by atoms with van der Waals surface area (Å²) in [5.74, 6) is 0.480. The van der Waals surface area contributed by atoms with Crippen molar-refractivity contribution in [1.29, 1.82) is 0 Å². The third kappa shape index (κ3) is 3.10. The predicted octanol–water partition coefficient (Wildman–Crippen LogP) is 2.25. The minimum Gasteiger partial charge on any atom is -0.387 e. The second-order valence-electron chi connectivity index (χ2n) is 5.25. The van der Waals surface area contributed by atoms with Gasteiger partial charge in [-0.15, -0.1) is 11.3 Å². The summed E-state index contributed by atoms with van der Waals surface area (Å²) in [6.45, 7) is 2.23. The highest BCUT2D eigenvalue weighted by Gasteiger charge is 2.30. The molecule has 3 heterocycles. The van der Waals surface area contributed by atoms with Gasteiger partial charge in [0, 0.05) is 17.6 Å². The molecule has 0 aromatic carbocycles. The summed E-state index contributed by atoms with van der Waals surface area (Å²) in [6.07, 6.45) is 3.62. The first-order chi connectivity index (χ1) is 10.7. The largest absolute Gasteiger partial charge is 0.387 e. The Bertz CT molecular complexity index is 673. The molecule has 1 aliphatic heterocycles. The number of aliphatic hydroxyl groups excluding tert-OH is 1. The topological polar surface area (TPSA) is 78.4 Å². The Hall–Kier alpha value is -1.99. The van der Waals surface area contributed by atoms with Crippen molar-refractivity contribution in [1.82, 2.24) is 14.9 Å². The van der Waals surface area contributed by atoms with Gasteiger partial charge >= 0.3 is 0 Å². The van der Waals surface area contributed by atoms with Gasteiger partial charge in [0.2, 0.25) is 5.91 Å². The molecule has 1 saturated heterocycles. The van der Waals surface area contributed by atoms with E-state index in [2.05, 4.69) is 15.3 Å². The fourth-order valence-electron chi connectivity index (χ4n) is 2.69. The Morgan fingerprint density at radius 1 is 1.55 bits per heavy atom. The van der Waals surface area contributed by atoms with Crippen molar-refractivity contribution in [2.24, 2.45) is 0 Å². The van der Waals surface area contributed by atoms with E-state index in [4.69, 9.17) is 5.11 Å². The number of aliphatic hydroxyl groups is 1. The monoisotopic (exact) mass is 318 g/mol. The van der Waals surface area contributed by atoms with Crippen molar-refractivity contribution in [2.45, 2.75) is 25.8 Å². The molecule has 2 aromatic heterocycles. The van der Waals surface area contributed by atoms with E-state index in [1.165, 1.54) is 0 Å². The number of hydrogen-bond donors (Lipinski definition) is 2. The lowest BCUT2D eigenvalue weighted by Gasteiger charge is -2.23. The quantitative estimate of drug-likeness (QED) is 0.904. The number of anilines is 2. The van der Waals surface area contributed by atoms with Crippen LogP contribution in [0.3, 0.4) is 0 Å². The predicted molar refractivity (Wildman–Crippen MR) is 85.1 cm³/mol. The highest BCUT2D eigenvalue weighted by atomic mass is 32.1. The Morgan fingerprint density at radius 3 is 3.14 bits per heavy atom. The van der Waals surface area contributed by atoms with Gasteiger partial charge in [0.1, 0.15) is 12.4 Å². The maximum absolute atomic E-state index is 11.8. The van der Waals surface area contributed by atoms with Gasteiger partial charge in [0.15, 0.2) is 5.13 Å². The van der Waals surface area contributed by atoms with Gasteiger partial charge in [-0.05, 0) is 31.9 Å². The Kier molecular flexibility index (Phi) is 4.35. The molecule has 0 radical (unpaired) electrons. The van der Waals surface area contributed by atoms with Crippen molar-refractivity contribution in [3.63, 3.8) is 0 Å². The van der Waals surface area contributed by atoms with Gasteiger partial charge in [-0.25, -0.2) is 9.97 Å². The van der Waals surface area contributed by atoms with Gasteiger partial charge in [-0.2, -0.15) is 0 Å². The SMILES string of the molecule is Cc1cnc(Nc2cccc(C3CCCN3C(=O)CO)n2)s1. The zero-order chi connectivity index (χ0) is 15.5. The molecule has 0 aliphatic carbocycles. The minimum atomic E-state index is -0.452. The van der Waals surface area contributed by atoms with E-state index >= 15 is 0 Å². The van der Waals surface area contributed by atoms with Crippen LogP contribution in [-0.4, -0.2) is 39.0 Å². The summed E-state index contributed by atoms with van der Waals surface area (Å²) in [6, 6.07) is 5.67. The maximum atomic E-state index is 11.8. The third-order valence-electron chi connectivity index (χ3n) is 3.68. The van der Waals surface area contributed by atoms with E-state index in [-0.39, 0.29) is 11.9 Å². The molecule has 7 heteroatoms. The summed E-state index contributed by atoms with van der Waals surface area (Å²) in [5, 5.41) is 13.1. The van der Waals surface area contributed by atoms with Crippen molar-refractivity contribution in [3.8, 4) is 0 Å². The number of carbonyl (C=O) groups excluding carboxylic acids is 1. The number of thiazole rings is 1. The Balaban J connectivity index is 1.80. The number of aryl methyl sites for hydroxylation is 1. The average molecular weight is 318 g/mol. The highest BCUT2D eigenvalue weighted by molar-refractivity contribution is 7.15. The van der Waals surface area contributed by atoms with Gasteiger partial charge < -0.3 is 15.3 Å². The normalized spacial score (nSPS) is 17.7. The van der Waals surface area contributed by atoms with Crippen LogP contribution >= 0.6 is 11.3 Å². The smallest absolute Gasteiger partial charge is 0.248 e. The first kappa shape index (κ1) is 14.9. The highest BCUT2D eigenvalue weighted by Crippen LogP contribution is 2.31. The van der Waals surface area contributed by atoms with Crippen LogP contribution in [0.1, 0.15) is 29.5 Å². The number of amides is 1. The molecule has 0 spiro atoms. The fourth-order valence-corrected chi connectivity index (χ4v) is 3.36. The number of likely N-dealkylation sites (tertiary alicyclic amines) is 1. The van der Waals surface area contributed by atoms with Crippen LogP contribution < -0.4 is 5.32 Å². The fraction of sp³-hybridized carbons (Fsp3) is 0.400. The molecular formula is C15H18N4O2S. The Morgan fingerprint density at radius 2 is 2.41 bits per heavy atom. The molecule has 2 N–H and O–H groups in total. The van der Waals surface area contributed by atoms with E-state index in [0.717, 1.165) is 34.4 Å². The lowest BCUT2D eigenvalue weighted by atomic mass is 10.1. The van der Waals surface area contributed by atoms with E-state index in [1.807, 2.05) is 31.3 Å². The first-order valence-electron chi connectivity index (χ1n) is 7.24. The molecule has 1 atom stereocenters. The summed E-state index contributed by atoms with van der Waals surface area (Å²) in [5.41, 5.74) is 0.845. The molecule has 0 bridgehead atoms. The molecule has 2 aromatic rings. The molecule has 22 heavy (non-hydrogen) atoms. The molecular weight excluding hydrogens is 300 g/mol. The number of pyridine rings is 1. The molecule has 0 saturated carbocycles. The van der Waals surface area contributed by atoms with E-state index < -0.39 is 6.61 Å². The van der Waals surface area contributed by atoms with Gasteiger partial charge in [-0.3, -0.25) is 4.79 Å². The van der Waals surface area contributed by atoms with E-state index in [0.29, 0.717) is 6.54 Å².